The minimum absolute atomic E-state index is 0.0408. The second-order valence-corrected chi connectivity index (χ2v) is 14.0. The van der Waals surface area contributed by atoms with E-state index in [0.29, 0.717) is 56.0 Å². The molecule has 0 spiro atoms. The van der Waals surface area contributed by atoms with Gasteiger partial charge in [-0.25, -0.2) is 14.2 Å². The number of pyridine rings is 1. The maximum absolute atomic E-state index is 15.9. The highest BCUT2D eigenvalue weighted by Crippen LogP contribution is 2.42. The Labute approximate surface area is 285 Å². The molecule has 10 nitrogen and oxygen atoms in total. The first-order valence-electron chi connectivity index (χ1n) is 15.5. The lowest BCUT2D eigenvalue weighted by molar-refractivity contribution is 0.0698. The largest absolute Gasteiger partial charge is 0.491 e. The molecular weight excluding hydrogens is 655 g/mol. The minimum Gasteiger partial charge on any atom is -0.491 e. The number of aromatic carboxylic acids is 1. The van der Waals surface area contributed by atoms with Gasteiger partial charge in [-0.05, 0) is 72.0 Å². The van der Waals surface area contributed by atoms with Gasteiger partial charge in [-0.3, -0.25) is 19.2 Å². The summed E-state index contributed by atoms with van der Waals surface area (Å²) in [7, 11) is 2.04. The minimum atomic E-state index is -1.05. The molecule has 1 saturated heterocycles. The van der Waals surface area contributed by atoms with E-state index in [2.05, 4.69) is 28.7 Å². The fraction of sp³-hybridized carbons (Fsp3) is 0.343. The van der Waals surface area contributed by atoms with Crippen molar-refractivity contribution in [3.63, 3.8) is 0 Å². The van der Waals surface area contributed by atoms with Crippen LogP contribution in [0.15, 0.2) is 35.1 Å². The van der Waals surface area contributed by atoms with Crippen LogP contribution < -0.4 is 15.2 Å². The van der Waals surface area contributed by atoms with Gasteiger partial charge in [0.25, 0.3) is 5.56 Å². The van der Waals surface area contributed by atoms with Crippen LogP contribution in [0.2, 0.25) is 5.02 Å². The number of nitriles is 1. The smallest absolute Gasteiger partial charge is 0.339 e. The van der Waals surface area contributed by atoms with Crippen LogP contribution in [-0.2, 0) is 6.54 Å². The van der Waals surface area contributed by atoms with Gasteiger partial charge in [0.05, 0.1) is 38.9 Å². The van der Waals surface area contributed by atoms with E-state index in [4.69, 9.17) is 16.3 Å². The Morgan fingerprint density at radius 3 is 2.52 bits per heavy atom. The van der Waals surface area contributed by atoms with E-state index in [9.17, 15) is 20.0 Å². The molecule has 1 fully saturated rings. The van der Waals surface area contributed by atoms with Gasteiger partial charge < -0.3 is 14.7 Å². The molecule has 1 aliphatic rings. The number of carboxylic acid groups (broad SMARTS) is 1. The fourth-order valence-corrected chi connectivity index (χ4v) is 7.78. The molecule has 0 aliphatic carbocycles. The Hall–Kier alpha value is -4.57. The van der Waals surface area contributed by atoms with Gasteiger partial charge in [-0.2, -0.15) is 5.26 Å². The quantitative estimate of drug-likeness (QED) is 0.202. The summed E-state index contributed by atoms with van der Waals surface area (Å²) < 4.78 is 24.2. The molecular formula is C35H34ClFN6O4S. The number of aromatic nitrogens is 3. The molecule has 6 rings (SSSR count). The number of carboxylic acids is 1. The van der Waals surface area contributed by atoms with Crippen LogP contribution in [0.5, 0.6) is 5.75 Å². The average molecular weight is 689 g/mol. The Bertz CT molecular complexity index is 2220. The van der Waals surface area contributed by atoms with Crippen molar-refractivity contribution in [1.82, 2.24) is 19.4 Å². The van der Waals surface area contributed by atoms with Gasteiger partial charge in [-0.15, -0.1) is 11.3 Å². The van der Waals surface area contributed by atoms with Crippen LogP contribution >= 0.6 is 22.9 Å². The maximum atomic E-state index is 15.9. The summed E-state index contributed by atoms with van der Waals surface area (Å²) in [6.45, 7) is 10.6. The van der Waals surface area contributed by atoms with E-state index < -0.39 is 17.3 Å². The molecule has 4 heterocycles. The average Bonchev–Trinajstić information content (AvgIpc) is 3.37. The number of thiophene rings is 1. The number of likely N-dealkylation sites (N-methyl/N-ethyl adjacent to an activating group) is 1. The van der Waals surface area contributed by atoms with Gasteiger partial charge in [-0.1, -0.05) is 11.6 Å². The number of nitrogens with zero attached hydrogens (tertiary/aromatic N) is 6. The van der Waals surface area contributed by atoms with Crippen molar-refractivity contribution >= 4 is 55.7 Å². The SMILES string of the molecule is Cc1cc(-c2cc(Cl)ccc2OCCn2c(C)nc3cc(N4C[C@@H](C)N(C)[C@@H](C)C4)c(F)c(C#N)c3c2=O)c2sc(C)c(C(=O)O)c2n1. The molecule has 0 amide bonds. The lowest BCUT2D eigenvalue weighted by Gasteiger charge is -2.43. The Balaban J connectivity index is 1.34. The predicted octanol–water partition coefficient (Wildman–Crippen LogP) is 6.57. The van der Waals surface area contributed by atoms with Gasteiger partial charge in [0.1, 0.15) is 29.8 Å². The Kier molecular flexibility index (Phi) is 8.89. The van der Waals surface area contributed by atoms with Crippen molar-refractivity contribution in [2.24, 2.45) is 0 Å². The van der Waals surface area contributed by atoms with Crippen molar-refractivity contribution < 1.29 is 19.0 Å². The predicted molar refractivity (Wildman–Crippen MR) is 186 cm³/mol. The first-order chi connectivity index (χ1) is 22.8. The first kappa shape index (κ1) is 33.3. The molecule has 2 atom stereocenters. The second kappa shape index (κ2) is 12.8. The van der Waals surface area contributed by atoms with Crippen LogP contribution in [0.4, 0.5) is 10.1 Å². The molecule has 3 aromatic heterocycles. The van der Waals surface area contributed by atoms with E-state index >= 15 is 4.39 Å². The molecule has 5 aromatic rings. The third kappa shape index (κ3) is 5.76. The highest BCUT2D eigenvalue weighted by Gasteiger charge is 2.30. The van der Waals surface area contributed by atoms with Gasteiger partial charge in [0, 0.05) is 51.9 Å². The second-order valence-electron chi connectivity index (χ2n) is 12.3. The lowest BCUT2D eigenvalue weighted by Crippen LogP contribution is -2.55. The van der Waals surface area contributed by atoms with Crippen molar-refractivity contribution in [1.29, 1.82) is 5.26 Å². The van der Waals surface area contributed by atoms with Gasteiger partial charge in [0.15, 0.2) is 5.82 Å². The van der Waals surface area contributed by atoms with Crippen LogP contribution in [-0.4, -0.2) is 69.3 Å². The van der Waals surface area contributed by atoms with Crippen molar-refractivity contribution in [3.05, 3.63) is 79.0 Å². The molecule has 2 aromatic carbocycles. The molecule has 248 valence electrons. The topological polar surface area (TPSA) is 125 Å². The zero-order valence-corrected chi connectivity index (χ0v) is 29.0. The summed E-state index contributed by atoms with van der Waals surface area (Å²) in [6, 6.07) is 10.9. The van der Waals surface area contributed by atoms with Crippen LogP contribution in [0, 0.1) is 37.9 Å². The number of fused-ring (bicyclic) bond motifs is 2. The summed E-state index contributed by atoms with van der Waals surface area (Å²) >= 11 is 7.75. The molecule has 0 radical (unpaired) electrons. The van der Waals surface area contributed by atoms with E-state index in [-0.39, 0.29) is 53.0 Å². The Morgan fingerprint density at radius 1 is 1.15 bits per heavy atom. The molecule has 1 aliphatic heterocycles. The summed E-state index contributed by atoms with van der Waals surface area (Å²) in [5.41, 5.74) is 2.26. The monoisotopic (exact) mass is 688 g/mol. The Morgan fingerprint density at radius 2 is 1.85 bits per heavy atom. The number of anilines is 1. The molecule has 13 heteroatoms. The zero-order valence-electron chi connectivity index (χ0n) is 27.4. The zero-order chi connectivity index (χ0) is 34.6. The van der Waals surface area contributed by atoms with Crippen LogP contribution in [0.3, 0.4) is 0 Å². The summed E-state index contributed by atoms with van der Waals surface area (Å²) in [5.74, 6) is -0.901. The van der Waals surface area contributed by atoms with Crippen molar-refractivity contribution in [3.8, 4) is 22.9 Å². The van der Waals surface area contributed by atoms with Crippen molar-refractivity contribution in [2.45, 2.75) is 53.2 Å². The van der Waals surface area contributed by atoms with E-state index in [1.807, 2.05) is 24.1 Å². The number of hydrogen-bond donors (Lipinski definition) is 1. The van der Waals surface area contributed by atoms with Crippen molar-refractivity contribution in [2.75, 3.05) is 31.6 Å². The molecule has 48 heavy (non-hydrogen) atoms. The lowest BCUT2D eigenvalue weighted by atomic mass is 10.0. The highest BCUT2D eigenvalue weighted by molar-refractivity contribution is 7.20. The number of rotatable bonds is 7. The summed E-state index contributed by atoms with van der Waals surface area (Å²) in [4.78, 5) is 39.8. The number of halogens is 2. The van der Waals surface area contributed by atoms with E-state index in [1.165, 1.54) is 15.9 Å². The fourth-order valence-electron chi connectivity index (χ4n) is 6.49. The standard InChI is InChI=1S/C35H34ClFN6O4S/c1-17-11-24(33-32(39-17)29(35(45)46)20(4)48-33)23-12-22(36)7-8-28(23)47-10-9-43-21(5)40-26-13-27(31(37)25(14-38)30(26)34(43)44)42-15-18(2)41(6)19(3)16-42/h7-8,11-13,18-19H,9-10,15-16H2,1-6H3,(H,45,46)/t18-,19+. The normalized spacial score (nSPS) is 16.9. The number of hydrogen-bond acceptors (Lipinski definition) is 9. The van der Waals surface area contributed by atoms with Gasteiger partial charge >= 0.3 is 5.97 Å². The third-order valence-electron chi connectivity index (χ3n) is 9.13. The molecule has 0 unspecified atom stereocenters. The number of carbonyl (C=O) groups is 1. The summed E-state index contributed by atoms with van der Waals surface area (Å²) in [6.07, 6.45) is 0. The maximum Gasteiger partial charge on any atom is 0.339 e. The molecule has 0 bridgehead atoms. The summed E-state index contributed by atoms with van der Waals surface area (Å²) in [5, 5.41) is 20.3. The van der Waals surface area contributed by atoms with E-state index in [1.54, 1.807) is 45.0 Å². The third-order valence-corrected chi connectivity index (χ3v) is 10.5. The number of piperazine rings is 1. The van der Waals surface area contributed by atoms with Crippen LogP contribution in [0.1, 0.15) is 46.2 Å². The van der Waals surface area contributed by atoms with Crippen LogP contribution in [0.25, 0.3) is 32.2 Å². The molecule has 0 saturated carbocycles. The van der Waals surface area contributed by atoms with Gasteiger partial charge in [0.2, 0.25) is 0 Å². The number of benzene rings is 2. The number of ether oxygens (including phenoxy) is 1. The number of aryl methyl sites for hydroxylation is 3. The van der Waals surface area contributed by atoms with E-state index in [0.717, 1.165) is 5.56 Å². The first-order valence-corrected chi connectivity index (χ1v) is 16.7. The highest BCUT2D eigenvalue weighted by atomic mass is 35.5. The molecule has 1 N–H and O–H groups in total.